The van der Waals surface area contributed by atoms with Crippen LogP contribution in [0, 0.1) is 5.82 Å². The predicted octanol–water partition coefficient (Wildman–Crippen LogP) is 8.26. The van der Waals surface area contributed by atoms with E-state index >= 15 is 0 Å². The Bertz CT molecular complexity index is 1560. The van der Waals surface area contributed by atoms with Gasteiger partial charge in [-0.05, 0) is 58.5 Å². The lowest BCUT2D eigenvalue weighted by Gasteiger charge is -2.16. The summed E-state index contributed by atoms with van der Waals surface area (Å²) in [6.07, 6.45) is 0. The Morgan fingerprint density at radius 1 is 0.500 bits per heavy atom. The van der Waals surface area contributed by atoms with E-state index in [1.54, 1.807) is 6.07 Å². The van der Waals surface area contributed by atoms with Crippen LogP contribution in [-0.4, -0.2) is 4.57 Å². The van der Waals surface area contributed by atoms with E-state index in [-0.39, 0.29) is 5.82 Å². The van der Waals surface area contributed by atoms with Crippen LogP contribution in [0.1, 0.15) is 0 Å². The summed E-state index contributed by atoms with van der Waals surface area (Å²) >= 11 is 0. The van der Waals surface area contributed by atoms with Crippen LogP contribution in [0.3, 0.4) is 0 Å². The number of benzene rings is 5. The van der Waals surface area contributed by atoms with Crippen molar-refractivity contribution in [3.63, 3.8) is 0 Å². The molecule has 2 heteroatoms. The summed E-state index contributed by atoms with van der Waals surface area (Å²) in [5.74, 6) is -0.232. The molecule has 0 unspecified atom stereocenters. The molecule has 0 fully saturated rings. The van der Waals surface area contributed by atoms with Gasteiger partial charge in [-0.25, -0.2) is 4.39 Å². The number of rotatable bonds is 3. The molecule has 5 aromatic carbocycles. The summed E-state index contributed by atoms with van der Waals surface area (Å²) < 4.78 is 16.7. The van der Waals surface area contributed by atoms with E-state index in [4.69, 9.17) is 0 Å². The Morgan fingerprint density at radius 3 is 1.97 bits per heavy atom. The molecule has 0 aliphatic rings. The highest BCUT2D eigenvalue weighted by Crippen LogP contribution is 2.37. The molecule has 0 spiro atoms. The maximum absolute atomic E-state index is 14.4. The van der Waals surface area contributed by atoms with Crippen LogP contribution in [0.2, 0.25) is 0 Å². The van der Waals surface area contributed by atoms with Gasteiger partial charge >= 0.3 is 0 Å². The molecule has 0 N–H and O–H groups in total. The molecule has 6 aromatic rings. The zero-order chi connectivity index (χ0) is 21.5. The van der Waals surface area contributed by atoms with Gasteiger partial charge in [0.25, 0.3) is 0 Å². The van der Waals surface area contributed by atoms with Crippen molar-refractivity contribution >= 4 is 21.7 Å². The zero-order valence-electron chi connectivity index (χ0n) is 17.4. The minimum atomic E-state index is -0.232. The first kappa shape index (κ1) is 18.6. The van der Waals surface area contributed by atoms with E-state index in [9.17, 15) is 4.39 Å². The van der Waals surface area contributed by atoms with Gasteiger partial charge in [0.15, 0.2) is 0 Å². The quantitative estimate of drug-likeness (QED) is 0.275. The molecule has 0 saturated heterocycles. The van der Waals surface area contributed by atoms with Crippen molar-refractivity contribution in [1.82, 2.24) is 4.57 Å². The second-order valence-corrected chi connectivity index (χ2v) is 8.02. The largest absolute Gasteiger partial charge is 0.309 e. The highest BCUT2D eigenvalue weighted by atomic mass is 19.1. The lowest BCUT2D eigenvalue weighted by Crippen LogP contribution is -1.99. The SMILES string of the molecule is Fc1ccc2cc(-c3ccccc3)cc(-n3c4ccccc4c[13c]3-c3ccccc3)c2c1. The molecule has 0 radical (unpaired) electrons. The van der Waals surface area contributed by atoms with Crippen molar-refractivity contribution < 1.29 is 4.39 Å². The molecule has 0 bridgehead atoms. The first-order chi connectivity index (χ1) is 15.8. The molecule has 0 aliphatic carbocycles. The summed E-state index contributed by atoms with van der Waals surface area (Å²) in [5.41, 5.74) is 6.53. The summed E-state index contributed by atoms with van der Waals surface area (Å²) in [6, 6.07) is 40.6. The molecular formula is C30H20FN. The highest BCUT2D eigenvalue weighted by molar-refractivity contribution is 5.98. The normalized spacial score (nSPS) is 11.3. The van der Waals surface area contributed by atoms with E-state index in [1.165, 1.54) is 6.07 Å². The minimum absolute atomic E-state index is 0.232. The summed E-state index contributed by atoms with van der Waals surface area (Å²) in [6.45, 7) is 0. The molecule has 1 aromatic heterocycles. The Balaban J connectivity index is 1.75. The molecule has 1 heterocycles. The molecule has 0 saturated carbocycles. The number of fused-ring (bicyclic) bond motifs is 2. The summed E-state index contributed by atoms with van der Waals surface area (Å²) in [7, 11) is 0. The third-order valence-electron chi connectivity index (χ3n) is 6.02. The minimum Gasteiger partial charge on any atom is -0.309 e. The Kier molecular flexibility index (Phi) is 4.36. The van der Waals surface area contributed by atoms with Gasteiger partial charge in [-0.2, -0.15) is 0 Å². The van der Waals surface area contributed by atoms with Crippen molar-refractivity contribution in [3.05, 3.63) is 127 Å². The third-order valence-corrected chi connectivity index (χ3v) is 6.02. The Hall–Kier alpha value is -4.17. The number of hydrogen-bond acceptors (Lipinski definition) is 0. The number of hydrogen-bond donors (Lipinski definition) is 0. The van der Waals surface area contributed by atoms with Crippen LogP contribution in [0.4, 0.5) is 4.39 Å². The molecule has 1 nitrogen and oxygen atoms in total. The maximum atomic E-state index is 14.4. The van der Waals surface area contributed by atoms with E-state index in [0.29, 0.717) is 0 Å². The van der Waals surface area contributed by atoms with Crippen molar-refractivity contribution in [1.29, 1.82) is 0 Å². The van der Waals surface area contributed by atoms with E-state index < -0.39 is 0 Å². The first-order valence-electron chi connectivity index (χ1n) is 10.7. The Morgan fingerprint density at radius 2 is 1.19 bits per heavy atom. The highest BCUT2D eigenvalue weighted by Gasteiger charge is 2.16. The van der Waals surface area contributed by atoms with Crippen molar-refractivity contribution in [2.24, 2.45) is 0 Å². The molecule has 32 heavy (non-hydrogen) atoms. The van der Waals surface area contributed by atoms with Gasteiger partial charge in [0.2, 0.25) is 0 Å². The smallest absolute Gasteiger partial charge is 0.123 e. The second kappa shape index (κ2) is 7.51. The zero-order valence-corrected chi connectivity index (χ0v) is 17.4. The fraction of sp³-hybridized carbons (Fsp3) is 0. The van der Waals surface area contributed by atoms with Gasteiger partial charge in [0, 0.05) is 10.8 Å². The first-order valence-corrected chi connectivity index (χ1v) is 10.7. The monoisotopic (exact) mass is 414 g/mol. The van der Waals surface area contributed by atoms with E-state index in [2.05, 4.69) is 83.4 Å². The van der Waals surface area contributed by atoms with E-state index in [0.717, 1.165) is 49.7 Å². The average Bonchev–Trinajstić information content (AvgIpc) is 3.24. The van der Waals surface area contributed by atoms with Crippen molar-refractivity contribution in [2.45, 2.75) is 0 Å². The molecule has 152 valence electrons. The van der Waals surface area contributed by atoms with Gasteiger partial charge in [-0.3, -0.25) is 0 Å². The Labute approximate surface area is 186 Å². The van der Waals surface area contributed by atoms with Crippen molar-refractivity contribution in [3.8, 4) is 28.1 Å². The predicted molar refractivity (Wildman–Crippen MR) is 132 cm³/mol. The van der Waals surface area contributed by atoms with Gasteiger partial charge in [0.05, 0.1) is 16.9 Å². The van der Waals surface area contributed by atoms with E-state index in [1.807, 2.05) is 30.3 Å². The molecule has 0 aliphatic heterocycles. The van der Waals surface area contributed by atoms with Gasteiger partial charge in [0.1, 0.15) is 5.82 Å². The summed E-state index contributed by atoms with van der Waals surface area (Å²) in [5, 5.41) is 3.06. The number of para-hydroxylation sites is 1. The number of nitrogens with zero attached hydrogens (tertiary/aromatic N) is 1. The summed E-state index contributed by atoms with van der Waals surface area (Å²) in [4.78, 5) is 0. The van der Waals surface area contributed by atoms with Crippen LogP contribution in [-0.2, 0) is 0 Å². The number of halogens is 1. The second-order valence-electron chi connectivity index (χ2n) is 8.02. The standard InChI is InChI=1S/C30H20FN/c31-26-16-15-23-17-25(21-9-3-1-4-10-21)19-30(27(23)20-26)32-28-14-8-7-13-24(28)18-29(32)22-11-5-2-6-12-22/h1-20H/i29+1. The maximum Gasteiger partial charge on any atom is 0.123 e. The van der Waals surface area contributed by atoms with Crippen LogP contribution >= 0.6 is 0 Å². The topological polar surface area (TPSA) is 4.93 Å². The van der Waals surface area contributed by atoms with Crippen LogP contribution in [0.5, 0.6) is 0 Å². The van der Waals surface area contributed by atoms with Crippen molar-refractivity contribution in [2.75, 3.05) is 0 Å². The molecular weight excluding hydrogens is 394 g/mol. The van der Waals surface area contributed by atoms with Crippen LogP contribution in [0.25, 0.3) is 49.7 Å². The van der Waals surface area contributed by atoms with Gasteiger partial charge in [-0.1, -0.05) is 84.9 Å². The van der Waals surface area contributed by atoms with Crippen LogP contribution in [0.15, 0.2) is 121 Å². The number of aromatic nitrogens is 1. The molecule has 0 atom stereocenters. The lowest BCUT2D eigenvalue weighted by molar-refractivity contribution is 0.629. The van der Waals surface area contributed by atoms with Gasteiger partial charge in [-0.15, -0.1) is 0 Å². The fourth-order valence-electron chi connectivity index (χ4n) is 4.53. The average molecular weight is 414 g/mol. The fourth-order valence-corrected chi connectivity index (χ4v) is 4.53. The lowest BCUT2D eigenvalue weighted by atomic mass is 9.99. The third kappa shape index (κ3) is 3.09. The molecule has 6 rings (SSSR count). The van der Waals surface area contributed by atoms with Crippen LogP contribution < -0.4 is 0 Å². The van der Waals surface area contributed by atoms with Gasteiger partial charge < -0.3 is 4.57 Å². The molecule has 0 amide bonds.